The summed E-state index contributed by atoms with van der Waals surface area (Å²) in [6, 6.07) is 12.6. The highest BCUT2D eigenvalue weighted by molar-refractivity contribution is 5.98. The van der Waals surface area contributed by atoms with E-state index >= 15 is 0 Å². The van der Waals surface area contributed by atoms with Crippen molar-refractivity contribution in [1.29, 1.82) is 5.26 Å². The lowest BCUT2D eigenvalue weighted by atomic mass is 10.1. The molecule has 0 radical (unpaired) electrons. The van der Waals surface area contributed by atoms with E-state index in [1.165, 1.54) is 29.6 Å². The summed E-state index contributed by atoms with van der Waals surface area (Å²) in [5.74, 6) is -1.35. The van der Waals surface area contributed by atoms with Gasteiger partial charge in [-0.1, -0.05) is 24.3 Å². The molecule has 2 aromatic heterocycles. The van der Waals surface area contributed by atoms with Crippen LogP contribution >= 0.6 is 0 Å². The molecular formula is C21H15FN6O. The lowest BCUT2D eigenvalue weighted by Gasteiger charge is -2.10. The summed E-state index contributed by atoms with van der Waals surface area (Å²) in [6.45, 7) is 0. The van der Waals surface area contributed by atoms with E-state index in [1.54, 1.807) is 6.07 Å². The third-order valence-electron chi connectivity index (χ3n) is 5.34. The van der Waals surface area contributed by atoms with Gasteiger partial charge in [0, 0.05) is 5.56 Å². The lowest BCUT2D eigenvalue weighted by Crippen LogP contribution is -2.11. The Bertz CT molecular complexity index is 1300. The summed E-state index contributed by atoms with van der Waals surface area (Å²) >= 11 is 0. The normalized spacial score (nSPS) is 13.5. The van der Waals surface area contributed by atoms with Gasteiger partial charge in [-0.2, -0.15) is 10.4 Å². The number of phenolic OH excluding ortho intramolecular Hbond substituents is 1. The van der Waals surface area contributed by atoms with E-state index in [2.05, 4.69) is 22.1 Å². The third-order valence-corrected chi connectivity index (χ3v) is 5.34. The highest BCUT2D eigenvalue weighted by Crippen LogP contribution is 2.37. The Balaban J connectivity index is 1.71. The summed E-state index contributed by atoms with van der Waals surface area (Å²) in [7, 11) is 0. The second-order valence-electron chi connectivity index (χ2n) is 7.05. The number of hydrogen-bond acceptors (Lipinski definition) is 6. The van der Waals surface area contributed by atoms with Gasteiger partial charge in [-0.25, -0.2) is 19.0 Å². The number of benzene rings is 2. The first kappa shape index (κ1) is 17.1. The highest BCUT2D eigenvalue weighted by atomic mass is 19.1. The van der Waals surface area contributed by atoms with Crippen LogP contribution in [0.3, 0.4) is 0 Å². The van der Waals surface area contributed by atoms with Crippen molar-refractivity contribution in [2.24, 2.45) is 0 Å². The molecule has 3 N–H and O–H groups in total. The standard InChI is InChI=1S/C21H15FN6O/c22-18-14(9-23)5-13(8-16(18)29)19-17-20(24)25-10-26-21(17)28(27-19)15-6-11-3-1-2-4-12(11)7-15/h1-5,8,10,15,29H,6-7H2,(H2,24,25,26). The number of nitrogen functional groups attached to an aromatic ring is 1. The van der Waals surface area contributed by atoms with Gasteiger partial charge >= 0.3 is 0 Å². The quantitative estimate of drug-likeness (QED) is 0.547. The predicted molar refractivity (Wildman–Crippen MR) is 104 cm³/mol. The molecule has 4 aromatic rings. The van der Waals surface area contributed by atoms with Crippen molar-refractivity contribution < 1.29 is 9.50 Å². The summed E-state index contributed by atoms with van der Waals surface area (Å²) in [4.78, 5) is 8.45. The van der Waals surface area contributed by atoms with Gasteiger partial charge in [-0.05, 0) is 36.1 Å². The Kier molecular flexibility index (Phi) is 3.71. The number of aromatic hydroxyl groups is 1. The first-order chi connectivity index (χ1) is 14.1. The molecule has 0 spiro atoms. The van der Waals surface area contributed by atoms with E-state index in [9.17, 15) is 14.8 Å². The molecule has 1 aliphatic rings. The molecule has 7 nitrogen and oxygen atoms in total. The zero-order valence-corrected chi connectivity index (χ0v) is 15.2. The average molecular weight is 386 g/mol. The zero-order valence-electron chi connectivity index (χ0n) is 15.2. The van der Waals surface area contributed by atoms with Gasteiger partial charge < -0.3 is 10.8 Å². The summed E-state index contributed by atoms with van der Waals surface area (Å²) in [5.41, 5.74) is 9.71. The van der Waals surface area contributed by atoms with Crippen LogP contribution in [0.5, 0.6) is 5.75 Å². The van der Waals surface area contributed by atoms with Crippen molar-refractivity contribution in [3.63, 3.8) is 0 Å². The molecule has 29 heavy (non-hydrogen) atoms. The van der Waals surface area contributed by atoms with E-state index in [4.69, 9.17) is 10.8 Å². The fourth-order valence-electron chi connectivity index (χ4n) is 3.99. The van der Waals surface area contributed by atoms with Gasteiger partial charge in [-0.3, -0.25) is 0 Å². The van der Waals surface area contributed by atoms with Crippen LogP contribution in [0.15, 0.2) is 42.7 Å². The molecule has 2 aromatic carbocycles. The van der Waals surface area contributed by atoms with E-state index in [1.807, 2.05) is 16.8 Å². The minimum atomic E-state index is -0.963. The predicted octanol–water partition coefficient (Wildman–Crippen LogP) is 3.13. The molecule has 5 rings (SSSR count). The van der Waals surface area contributed by atoms with Gasteiger partial charge in [0.2, 0.25) is 0 Å². The number of phenols is 1. The van der Waals surface area contributed by atoms with E-state index < -0.39 is 11.6 Å². The number of anilines is 1. The number of rotatable bonds is 2. The van der Waals surface area contributed by atoms with Crippen molar-refractivity contribution in [3.8, 4) is 23.1 Å². The molecule has 8 heteroatoms. The number of fused-ring (bicyclic) bond motifs is 2. The van der Waals surface area contributed by atoms with Crippen molar-refractivity contribution in [3.05, 3.63) is 65.2 Å². The van der Waals surface area contributed by atoms with Crippen LogP contribution in [-0.4, -0.2) is 24.9 Å². The van der Waals surface area contributed by atoms with Crippen LogP contribution in [0.25, 0.3) is 22.3 Å². The Labute approximate surface area is 164 Å². The van der Waals surface area contributed by atoms with Crippen LogP contribution in [0.2, 0.25) is 0 Å². The smallest absolute Gasteiger partial charge is 0.182 e. The van der Waals surface area contributed by atoms with Crippen LogP contribution < -0.4 is 5.73 Å². The first-order valence-corrected chi connectivity index (χ1v) is 9.05. The third kappa shape index (κ3) is 2.59. The van der Waals surface area contributed by atoms with Crippen LogP contribution in [0, 0.1) is 17.1 Å². The fourth-order valence-corrected chi connectivity index (χ4v) is 3.99. The van der Waals surface area contributed by atoms with Gasteiger partial charge in [0.1, 0.15) is 23.9 Å². The van der Waals surface area contributed by atoms with E-state index in [0.717, 1.165) is 12.8 Å². The molecule has 0 unspecified atom stereocenters. The first-order valence-electron chi connectivity index (χ1n) is 9.05. The molecule has 1 aliphatic carbocycles. The summed E-state index contributed by atoms with van der Waals surface area (Å²) in [6.07, 6.45) is 2.98. The molecule has 2 heterocycles. The number of hydrogen-bond donors (Lipinski definition) is 2. The molecule has 0 fully saturated rings. The number of nitrogens with zero attached hydrogens (tertiary/aromatic N) is 5. The monoisotopic (exact) mass is 386 g/mol. The van der Waals surface area contributed by atoms with Crippen molar-refractivity contribution in [2.45, 2.75) is 18.9 Å². The zero-order chi connectivity index (χ0) is 20.1. The Morgan fingerprint density at radius 1 is 1.17 bits per heavy atom. The molecule has 0 atom stereocenters. The maximum atomic E-state index is 13.9. The fraction of sp³-hybridized carbons (Fsp3) is 0.143. The molecular weight excluding hydrogens is 371 g/mol. The molecule has 0 saturated carbocycles. The summed E-state index contributed by atoms with van der Waals surface area (Å²) < 4.78 is 15.8. The Morgan fingerprint density at radius 2 is 1.90 bits per heavy atom. The maximum absolute atomic E-state index is 13.9. The number of aromatic nitrogens is 4. The minimum absolute atomic E-state index is 0.0439. The Hall–Kier alpha value is -3.99. The number of nitriles is 1. The SMILES string of the molecule is N#Cc1cc(-c2nn(C3Cc4ccccc4C3)c3ncnc(N)c23)cc(O)c1F. The lowest BCUT2D eigenvalue weighted by molar-refractivity contribution is 0.431. The molecule has 0 amide bonds. The van der Waals surface area contributed by atoms with E-state index in [-0.39, 0.29) is 17.4 Å². The summed E-state index contributed by atoms with van der Waals surface area (Å²) in [5, 5.41) is 24.3. The van der Waals surface area contributed by atoms with Crippen molar-refractivity contribution in [2.75, 3.05) is 5.73 Å². The molecule has 142 valence electrons. The number of nitrogens with two attached hydrogens (primary N) is 1. The van der Waals surface area contributed by atoms with Gasteiger partial charge in [0.05, 0.1) is 17.0 Å². The molecule has 0 saturated heterocycles. The van der Waals surface area contributed by atoms with Gasteiger partial charge in [0.15, 0.2) is 17.2 Å². The largest absolute Gasteiger partial charge is 0.505 e. The molecule has 0 bridgehead atoms. The topological polar surface area (TPSA) is 114 Å². The van der Waals surface area contributed by atoms with Gasteiger partial charge in [0.25, 0.3) is 0 Å². The second-order valence-corrected chi connectivity index (χ2v) is 7.05. The van der Waals surface area contributed by atoms with Gasteiger partial charge in [-0.15, -0.1) is 0 Å². The van der Waals surface area contributed by atoms with Crippen LogP contribution in [0.1, 0.15) is 22.7 Å². The van der Waals surface area contributed by atoms with E-state index in [0.29, 0.717) is 22.3 Å². The second kappa shape index (κ2) is 6.27. The average Bonchev–Trinajstić information content (AvgIpc) is 3.32. The highest BCUT2D eigenvalue weighted by Gasteiger charge is 2.28. The van der Waals surface area contributed by atoms with Crippen LogP contribution in [-0.2, 0) is 12.8 Å². The van der Waals surface area contributed by atoms with Crippen molar-refractivity contribution >= 4 is 16.9 Å². The maximum Gasteiger partial charge on any atom is 0.182 e. The van der Waals surface area contributed by atoms with Crippen molar-refractivity contribution in [1.82, 2.24) is 19.7 Å². The minimum Gasteiger partial charge on any atom is -0.505 e. The number of halogens is 1. The Morgan fingerprint density at radius 3 is 2.59 bits per heavy atom. The van der Waals surface area contributed by atoms with Crippen LogP contribution in [0.4, 0.5) is 10.2 Å². The molecule has 0 aliphatic heterocycles.